The number of benzene rings is 1. The summed E-state index contributed by atoms with van der Waals surface area (Å²) in [7, 11) is 1.61. The molecule has 1 unspecified atom stereocenters. The Hall–Kier alpha value is -1.85. The van der Waals surface area contributed by atoms with Crippen molar-refractivity contribution in [2.75, 3.05) is 18.9 Å². The van der Waals surface area contributed by atoms with E-state index in [2.05, 4.69) is 15.6 Å². The average Bonchev–Trinajstić information content (AvgIpc) is 2.49. The van der Waals surface area contributed by atoms with Crippen LogP contribution in [0.3, 0.4) is 0 Å². The van der Waals surface area contributed by atoms with Gasteiger partial charge in [-0.3, -0.25) is 9.78 Å². The first-order valence-electron chi connectivity index (χ1n) is 6.36. The molecule has 20 heavy (non-hydrogen) atoms. The Morgan fingerprint density at radius 3 is 2.95 bits per heavy atom. The number of hydrogen-bond acceptors (Lipinski definition) is 4. The molecule has 6 heteroatoms. The molecule has 0 aliphatic carbocycles. The summed E-state index contributed by atoms with van der Waals surface area (Å²) in [5.74, 6) is -0.0563. The SMILES string of the molecule is CNC(=O)CC(CN)Nc1ccc(Cl)c2cccnc12. The Morgan fingerprint density at radius 1 is 1.45 bits per heavy atom. The van der Waals surface area contributed by atoms with Gasteiger partial charge in [-0.2, -0.15) is 0 Å². The van der Waals surface area contributed by atoms with Crippen LogP contribution in [0.4, 0.5) is 5.69 Å². The fourth-order valence-electron chi connectivity index (χ4n) is 1.99. The molecule has 1 aromatic carbocycles. The van der Waals surface area contributed by atoms with Crippen LogP contribution in [0.15, 0.2) is 30.5 Å². The zero-order valence-corrected chi connectivity index (χ0v) is 11.9. The zero-order chi connectivity index (χ0) is 14.5. The molecule has 2 aromatic rings. The maximum atomic E-state index is 11.4. The molecule has 1 atom stereocenters. The molecule has 4 N–H and O–H groups in total. The second kappa shape index (κ2) is 6.54. The van der Waals surface area contributed by atoms with Gasteiger partial charge in [-0.1, -0.05) is 11.6 Å². The largest absolute Gasteiger partial charge is 0.379 e. The number of rotatable bonds is 5. The number of hydrogen-bond donors (Lipinski definition) is 3. The number of carbonyl (C=O) groups is 1. The van der Waals surface area contributed by atoms with Crippen molar-refractivity contribution in [3.8, 4) is 0 Å². The van der Waals surface area contributed by atoms with Crippen molar-refractivity contribution in [3.05, 3.63) is 35.5 Å². The predicted octanol–water partition coefficient (Wildman–Crippen LogP) is 1.76. The van der Waals surface area contributed by atoms with Crippen LogP contribution in [0.2, 0.25) is 5.02 Å². The topological polar surface area (TPSA) is 80.0 Å². The summed E-state index contributed by atoms with van der Waals surface area (Å²) in [5, 5.41) is 7.37. The van der Waals surface area contributed by atoms with Gasteiger partial charge in [0.2, 0.25) is 5.91 Å². The molecule has 0 bridgehead atoms. The van der Waals surface area contributed by atoms with Gasteiger partial charge in [0, 0.05) is 37.6 Å². The summed E-state index contributed by atoms with van der Waals surface area (Å²) in [5.41, 5.74) is 7.31. The summed E-state index contributed by atoms with van der Waals surface area (Å²) in [6.45, 7) is 0.352. The average molecular weight is 293 g/mol. The number of nitrogens with zero attached hydrogens (tertiary/aromatic N) is 1. The minimum absolute atomic E-state index is 0.0563. The van der Waals surface area contributed by atoms with Crippen LogP contribution < -0.4 is 16.4 Å². The first-order valence-corrected chi connectivity index (χ1v) is 6.74. The maximum absolute atomic E-state index is 11.4. The summed E-state index contributed by atoms with van der Waals surface area (Å²) in [6.07, 6.45) is 2.02. The van der Waals surface area contributed by atoms with Gasteiger partial charge in [0.15, 0.2) is 0 Å². The molecular formula is C14H17ClN4O. The highest BCUT2D eigenvalue weighted by Crippen LogP contribution is 2.28. The van der Waals surface area contributed by atoms with Gasteiger partial charge in [0.25, 0.3) is 0 Å². The second-order valence-electron chi connectivity index (χ2n) is 4.45. The van der Waals surface area contributed by atoms with Gasteiger partial charge >= 0.3 is 0 Å². The third-order valence-electron chi connectivity index (χ3n) is 3.07. The van der Waals surface area contributed by atoms with E-state index in [-0.39, 0.29) is 11.9 Å². The first kappa shape index (κ1) is 14.6. The second-order valence-corrected chi connectivity index (χ2v) is 4.86. The molecule has 0 aliphatic rings. The molecule has 0 fully saturated rings. The molecule has 106 valence electrons. The Bertz CT molecular complexity index is 617. The van der Waals surface area contributed by atoms with Gasteiger partial charge in [0.1, 0.15) is 0 Å². The Morgan fingerprint density at radius 2 is 2.25 bits per heavy atom. The van der Waals surface area contributed by atoms with Crippen molar-refractivity contribution in [3.63, 3.8) is 0 Å². The third-order valence-corrected chi connectivity index (χ3v) is 3.40. The zero-order valence-electron chi connectivity index (χ0n) is 11.2. The van der Waals surface area contributed by atoms with Crippen LogP contribution in [-0.2, 0) is 4.79 Å². The Balaban J connectivity index is 2.29. The van der Waals surface area contributed by atoms with Crippen LogP contribution in [0, 0.1) is 0 Å². The van der Waals surface area contributed by atoms with E-state index in [0.717, 1.165) is 16.6 Å². The molecule has 1 heterocycles. The fourth-order valence-corrected chi connectivity index (χ4v) is 2.21. The lowest BCUT2D eigenvalue weighted by molar-refractivity contribution is -0.120. The number of amides is 1. The fraction of sp³-hybridized carbons (Fsp3) is 0.286. The van der Waals surface area contributed by atoms with E-state index in [0.29, 0.717) is 18.0 Å². The lowest BCUT2D eigenvalue weighted by Gasteiger charge is -2.18. The highest BCUT2D eigenvalue weighted by molar-refractivity contribution is 6.35. The summed E-state index contributed by atoms with van der Waals surface area (Å²) in [4.78, 5) is 15.8. The normalized spacial score (nSPS) is 12.2. The van der Waals surface area contributed by atoms with Crippen LogP contribution in [0.5, 0.6) is 0 Å². The summed E-state index contributed by atoms with van der Waals surface area (Å²) >= 11 is 6.15. The number of anilines is 1. The third kappa shape index (κ3) is 3.18. The van der Waals surface area contributed by atoms with Crippen LogP contribution >= 0.6 is 11.6 Å². The highest BCUT2D eigenvalue weighted by atomic mass is 35.5. The van der Waals surface area contributed by atoms with Gasteiger partial charge in [-0.05, 0) is 24.3 Å². The van der Waals surface area contributed by atoms with Gasteiger partial charge in [0.05, 0.1) is 16.2 Å². The number of fused-ring (bicyclic) bond motifs is 1. The van der Waals surface area contributed by atoms with E-state index < -0.39 is 0 Å². The lowest BCUT2D eigenvalue weighted by atomic mass is 10.1. The molecule has 0 saturated heterocycles. The van der Waals surface area contributed by atoms with E-state index in [4.69, 9.17) is 17.3 Å². The number of pyridine rings is 1. The molecule has 0 saturated carbocycles. The van der Waals surface area contributed by atoms with Crippen LogP contribution in [-0.4, -0.2) is 30.5 Å². The number of nitrogens with two attached hydrogens (primary N) is 1. The Kier molecular flexibility index (Phi) is 4.76. The van der Waals surface area contributed by atoms with Crippen molar-refractivity contribution in [2.24, 2.45) is 5.73 Å². The minimum atomic E-state index is -0.152. The van der Waals surface area contributed by atoms with Crippen molar-refractivity contribution in [1.82, 2.24) is 10.3 Å². The molecule has 1 amide bonds. The highest BCUT2D eigenvalue weighted by Gasteiger charge is 2.13. The molecule has 0 aliphatic heterocycles. The molecule has 0 radical (unpaired) electrons. The van der Waals surface area contributed by atoms with Crippen LogP contribution in [0.1, 0.15) is 6.42 Å². The number of carbonyl (C=O) groups excluding carboxylic acids is 1. The van der Waals surface area contributed by atoms with E-state index in [1.807, 2.05) is 18.2 Å². The standard InChI is InChI=1S/C14H17ClN4O/c1-17-13(20)7-9(8-16)19-12-5-4-11(15)10-3-2-6-18-14(10)12/h2-6,9,19H,7-8,16H2,1H3,(H,17,20). The van der Waals surface area contributed by atoms with Crippen molar-refractivity contribution >= 4 is 34.1 Å². The molecular weight excluding hydrogens is 276 g/mol. The molecule has 5 nitrogen and oxygen atoms in total. The molecule has 1 aromatic heterocycles. The number of aromatic nitrogens is 1. The Labute approximate surface area is 122 Å². The van der Waals surface area contributed by atoms with Crippen LogP contribution in [0.25, 0.3) is 10.9 Å². The van der Waals surface area contributed by atoms with Gasteiger partial charge in [-0.25, -0.2) is 0 Å². The van der Waals surface area contributed by atoms with Gasteiger partial charge in [-0.15, -0.1) is 0 Å². The lowest BCUT2D eigenvalue weighted by Crippen LogP contribution is -2.34. The molecule has 0 spiro atoms. The van der Waals surface area contributed by atoms with E-state index in [9.17, 15) is 4.79 Å². The predicted molar refractivity (Wildman–Crippen MR) is 81.9 cm³/mol. The van der Waals surface area contributed by atoms with E-state index >= 15 is 0 Å². The maximum Gasteiger partial charge on any atom is 0.221 e. The molecule has 2 rings (SSSR count). The summed E-state index contributed by atoms with van der Waals surface area (Å²) in [6, 6.07) is 7.25. The van der Waals surface area contributed by atoms with E-state index in [1.165, 1.54) is 0 Å². The summed E-state index contributed by atoms with van der Waals surface area (Å²) < 4.78 is 0. The quantitative estimate of drug-likeness (QED) is 0.784. The number of nitrogens with one attached hydrogen (secondary N) is 2. The first-order chi connectivity index (χ1) is 9.65. The van der Waals surface area contributed by atoms with Crippen molar-refractivity contribution in [2.45, 2.75) is 12.5 Å². The number of halogens is 1. The van der Waals surface area contributed by atoms with Crippen molar-refractivity contribution < 1.29 is 4.79 Å². The van der Waals surface area contributed by atoms with Gasteiger partial charge < -0.3 is 16.4 Å². The minimum Gasteiger partial charge on any atom is -0.379 e. The van der Waals surface area contributed by atoms with E-state index in [1.54, 1.807) is 19.3 Å². The monoisotopic (exact) mass is 292 g/mol. The smallest absolute Gasteiger partial charge is 0.221 e. The van der Waals surface area contributed by atoms with Crippen molar-refractivity contribution in [1.29, 1.82) is 0 Å².